The van der Waals surface area contributed by atoms with E-state index in [4.69, 9.17) is 0 Å². The third kappa shape index (κ3) is 3.08. The first-order valence-corrected chi connectivity index (χ1v) is 9.11. The van der Waals surface area contributed by atoms with Crippen molar-refractivity contribution in [1.82, 2.24) is 4.57 Å². The summed E-state index contributed by atoms with van der Waals surface area (Å²) < 4.78 is 2.31. The Morgan fingerprint density at radius 2 is 1.62 bits per heavy atom. The molecule has 3 nitrogen and oxygen atoms in total. The van der Waals surface area contributed by atoms with E-state index in [0.29, 0.717) is 6.42 Å². The van der Waals surface area contributed by atoms with Crippen LogP contribution in [0, 0.1) is 0 Å². The molecule has 26 heavy (non-hydrogen) atoms. The van der Waals surface area contributed by atoms with Crippen LogP contribution < -0.4 is 5.32 Å². The molecule has 0 aliphatic carbocycles. The SMILES string of the molecule is CCn1c2ccccc2c2cc(NC(=O)CCc3ccccc3)ccc21. The summed E-state index contributed by atoms with van der Waals surface area (Å²) in [6, 6.07) is 24.7. The zero-order valence-corrected chi connectivity index (χ0v) is 14.9. The Balaban J connectivity index is 1.57. The van der Waals surface area contributed by atoms with Crippen molar-refractivity contribution in [3.05, 3.63) is 78.4 Å². The molecule has 0 spiro atoms. The summed E-state index contributed by atoms with van der Waals surface area (Å²) in [5.74, 6) is 0.0485. The van der Waals surface area contributed by atoms with E-state index in [1.54, 1.807) is 0 Å². The zero-order chi connectivity index (χ0) is 17.9. The van der Waals surface area contributed by atoms with E-state index in [1.807, 2.05) is 24.3 Å². The van der Waals surface area contributed by atoms with Crippen LogP contribution in [0.5, 0.6) is 0 Å². The number of rotatable bonds is 5. The number of aromatic nitrogens is 1. The highest BCUT2D eigenvalue weighted by Crippen LogP contribution is 2.31. The molecule has 0 fully saturated rings. The van der Waals surface area contributed by atoms with E-state index < -0.39 is 0 Å². The molecule has 130 valence electrons. The van der Waals surface area contributed by atoms with Crippen LogP contribution in [0.1, 0.15) is 18.9 Å². The molecule has 3 heteroatoms. The number of nitrogens with zero attached hydrogens (tertiary/aromatic N) is 1. The zero-order valence-electron chi connectivity index (χ0n) is 14.9. The van der Waals surface area contributed by atoms with E-state index in [-0.39, 0.29) is 5.91 Å². The van der Waals surface area contributed by atoms with E-state index in [9.17, 15) is 4.79 Å². The van der Waals surface area contributed by atoms with Crippen molar-refractivity contribution in [2.75, 3.05) is 5.32 Å². The molecule has 1 heterocycles. The maximum absolute atomic E-state index is 12.3. The molecule has 1 aromatic heterocycles. The van der Waals surface area contributed by atoms with Crippen LogP contribution in [-0.2, 0) is 17.8 Å². The highest BCUT2D eigenvalue weighted by Gasteiger charge is 2.10. The maximum Gasteiger partial charge on any atom is 0.224 e. The van der Waals surface area contributed by atoms with Gasteiger partial charge in [0.1, 0.15) is 0 Å². The first-order chi connectivity index (χ1) is 12.8. The molecule has 0 saturated carbocycles. The number of benzene rings is 3. The van der Waals surface area contributed by atoms with Crippen LogP contribution in [0.15, 0.2) is 72.8 Å². The van der Waals surface area contributed by atoms with Gasteiger partial charge in [0.15, 0.2) is 0 Å². The van der Waals surface area contributed by atoms with Gasteiger partial charge in [0.05, 0.1) is 0 Å². The predicted octanol–water partition coefficient (Wildman–Crippen LogP) is 5.39. The molecular weight excluding hydrogens is 320 g/mol. The number of carbonyl (C=O) groups excluding carboxylic acids is 1. The van der Waals surface area contributed by atoms with Gasteiger partial charge in [-0.05, 0) is 43.2 Å². The second-order valence-electron chi connectivity index (χ2n) is 6.53. The van der Waals surface area contributed by atoms with E-state index in [0.717, 1.165) is 18.7 Å². The van der Waals surface area contributed by atoms with E-state index in [2.05, 4.69) is 65.3 Å². The first kappa shape index (κ1) is 16.4. The van der Waals surface area contributed by atoms with Gasteiger partial charge in [0.2, 0.25) is 5.91 Å². The Morgan fingerprint density at radius 3 is 2.42 bits per heavy atom. The van der Waals surface area contributed by atoms with Gasteiger partial charge in [-0.3, -0.25) is 4.79 Å². The highest BCUT2D eigenvalue weighted by molar-refractivity contribution is 6.09. The largest absolute Gasteiger partial charge is 0.341 e. The van der Waals surface area contributed by atoms with Crippen molar-refractivity contribution in [2.45, 2.75) is 26.3 Å². The van der Waals surface area contributed by atoms with Crippen molar-refractivity contribution in [2.24, 2.45) is 0 Å². The number of anilines is 1. The fourth-order valence-electron chi connectivity index (χ4n) is 3.60. The van der Waals surface area contributed by atoms with Crippen LogP contribution in [0.2, 0.25) is 0 Å². The predicted molar refractivity (Wildman–Crippen MR) is 109 cm³/mol. The normalized spacial score (nSPS) is 11.1. The minimum Gasteiger partial charge on any atom is -0.341 e. The second-order valence-corrected chi connectivity index (χ2v) is 6.53. The van der Waals surface area contributed by atoms with Crippen LogP contribution in [0.3, 0.4) is 0 Å². The summed E-state index contributed by atoms with van der Waals surface area (Å²) in [4.78, 5) is 12.3. The van der Waals surface area contributed by atoms with Crippen LogP contribution in [0.4, 0.5) is 5.69 Å². The molecule has 4 aromatic rings. The highest BCUT2D eigenvalue weighted by atomic mass is 16.1. The Bertz CT molecular complexity index is 1060. The van der Waals surface area contributed by atoms with Gasteiger partial charge in [-0.15, -0.1) is 0 Å². The molecule has 0 unspecified atom stereocenters. The van der Waals surface area contributed by atoms with Crippen LogP contribution in [-0.4, -0.2) is 10.5 Å². The van der Waals surface area contributed by atoms with Gasteiger partial charge in [0.25, 0.3) is 0 Å². The second kappa shape index (κ2) is 7.04. The number of para-hydroxylation sites is 1. The fraction of sp³-hybridized carbons (Fsp3) is 0.174. The Kier molecular flexibility index (Phi) is 4.44. The topological polar surface area (TPSA) is 34.0 Å². The summed E-state index contributed by atoms with van der Waals surface area (Å²) in [5, 5.41) is 5.46. The van der Waals surface area contributed by atoms with Crippen LogP contribution >= 0.6 is 0 Å². The molecule has 1 amide bonds. The number of hydrogen-bond acceptors (Lipinski definition) is 1. The average Bonchev–Trinajstić information content (AvgIpc) is 3.00. The molecule has 3 aromatic carbocycles. The molecule has 4 rings (SSSR count). The average molecular weight is 342 g/mol. The summed E-state index contributed by atoms with van der Waals surface area (Å²) in [6.07, 6.45) is 1.24. The molecule has 0 aliphatic rings. The molecule has 0 aliphatic heterocycles. The van der Waals surface area contributed by atoms with Gasteiger partial charge >= 0.3 is 0 Å². The molecular formula is C23H22N2O. The lowest BCUT2D eigenvalue weighted by Gasteiger charge is -2.07. The van der Waals surface area contributed by atoms with Gasteiger partial charge in [0, 0.05) is 40.5 Å². The van der Waals surface area contributed by atoms with Gasteiger partial charge < -0.3 is 9.88 Å². The summed E-state index contributed by atoms with van der Waals surface area (Å²) in [5.41, 5.74) is 4.48. The van der Waals surface area contributed by atoms with Crippen molar-refractivity contribution >= 4 is 33.4 Å². The van der Waals surface area contributed by atoms with Crippen molar-refractivity contribution in [1.29, 1.82) is 0 Å². The van der Waals surface area contributed by atoms with Gasteiger partial charge in [-0.25, -0.2) is 0 Å². The maximum atomic E-state index is 12.3. The number of carbonyl (C=O) groups is 1. The summed E-state index contributed by atoms with van der Waals surface area (Å²) in [7, 11) is 0. The third-order valence-corrected chi connectivity index (χ3v) is 4.86. The number of amides is 1. The smallest absolute Gasteiger partial charge is 0.224 e. The lowest BCUT2D eigenvalue weighted by molar-refractivity contribution is -0.116. The van der Waals surface area contributed by atoms with E-state index >= 15 is 0 Å². The lowest BCUT2D eigenvalue weighted by Crippen LogP contribution is -2.12. The van der Waals surface area contributed by atoms with E-state index in [1.165, 1.54) is 27.4 Å². The minimum absolute atomic E-state index is 0.0485. The molecule has 1 N–H and O–H groups in total. The monoisotopic (exact) mass is 342 g/mol. The molecule has 0 bridgehead atoms. The van der Waals surface area contributed by atoms with Crippen LogP contribution in [0.25, 0.3) is 21.8 Å². The third-order valence-electron chi connectivity index (χ3n) is 4.86. The summed E-state index contributed by atoms with van der Waals surface area (Å²) in [6.45, 7) is 3.08. The van der Waals surface area contributed by atoms with Crippen molar-refractivity contribution < 1.29 is 4.79 Å². The standard InChI is InChI=1S/C23H22N2O/c1-2-25-21-11-7-6-10-19(21)20-16-18(13-14-22(20)25)24-23(26)15-12-17-8-4-3-5-9-17/h3-11,13-14,16H,2,12,15H2,1H3,(H,24,26). The first-order valence-electron chi connectivity index (χ1n) is 9.11. The summed E-state index contributed by atoms with van der Waals surface area (Å²) >= 11 is 0. The fourth-order valence-corrected chi connectivity index (χ4v) is 3.60. The van der Waals surface area contributed by atoms with Gasteiger partial charge in [-0.1, -0.05) is 48.5 Å². The van der Waals surface area contributed by atoms with Gasteiger partial charge in [-0.2, -0.15) is 0 Å². The molecule has 0 atom stereocenters. The Morgan fingerprint density at radius 1 is 0.885 bits per heavy atom. The van der Waals surface area contributed by atoms with Crippen molar-refractivity contribution in [3.63, 3.8) is 0 Å². The minimum atomic E-state index is 0.0485. The molecule has 0 saturated heterocycles. The lowest BCUT2D eigenvalue weighted by atomic mass is 10.1. The Hall–Kier alpha value is -3.07. The quantitative estimate of drug-likeness (QED) is 0.519. The van der Waals surface area contributed by atoms with Crippen molar-refractivity contribution in [3.8, 4) is 0 Å². The number of aryl methyl sites for hydroxylation is 2. The number of fused-ring (bicyclic) bond motifs is 3. The number of hydrogen-bond donors (Lipinski definition) is 1. The Labute approximate surface area is 153 Å². The molecule has 0 radical (unpaired) electrons. The number of nitrogens with one attached hydrogen (secondary N) is 1.